The van der Waals surface area contributed by atoms with E-state index in [1.165, 1.54) is 6.42 Å². The molecule has 0 aliphatic carbocycles. The molecule has 0 rings (SSSR count). The molecule has 0 radical (unpaired) electrons. The minimum absolute atomic E-state index is 0. The summed E-state index contributed by atoms with van der Waals surface area (Å²) in [5.41, 5.74) is 0. The fourth-order valence-electron chi connectivity index (χ4n) is 0. The molecule has 7 heteroatoms. The van der Waals surface area contributed by atoms with Crippen molar-refractivity contribution in [3.8, 4) is 0 Å². The zero-order valence-corrected chi connectivity index (χ0v) is 9.96. The molecule has 0 spiro atoms. The second-order valence-corrected chi connectivity index (χ2v) is 1.21. The molecule has 12 heavy (non-hydrogen) atoms. The largest absolute Gasteiger partial charge is 4.00 e. The Morgan fingerprint density at radius 2 is 0.917 bits per heavy atom. The fourth-order valence-corrected chi connectivity index (χ4v) is 0. The maximum Gasteiger partial charge on any atom is 4.00 e. The number of hydrogen-bond donors (Lipinski definition) is 0. The van der Waals surface area contributed by atoms with Gasteiger partial charge in [0.1, 0.15) is 0 Å². The SMILES string of the molecule is CCC.O=C([O-])[O-].O=C([O-])[O-].[Pu+4]. The molecule has 0 saturated carbocycles. The van der Waals surface area contributed by atoms with Crippen molar-refractivity contribution in [1.82, 2.24) is 0 Å². The van der Waals surface area contributed by atoms with Crippen molar-refractivity contribution in [3.05, 3.63) is 0 Å². The maximum atomic E-state index is 8.33. The Labute approximate surface area is 91.8 Å². The summed E-state index contributed by atoms with van der Waals surface area (Å²) in [5, 5.41) is 33.3. The van der Waals surface area contributed by atoms with E-state index in [0.29, 0.717) is 0 Å². The van der Waals surface area contributed by atoms with Crippen LogP contribution in [0.1, 0.15) is 20.3 Å². The van der Waals surface area contributed by atoms with E-state index in [0.717, 1.165) is 0 Å². The Kier molecular flexibility index (Phi) is 42.1. The Morgan fingerprint density at radius 3 is 0.917 bits per heavy atom. The van der Waals surface area contributed by atoms with Crippen LogP contribution >= 0.6 is 0 Å². The van der Waals surface area contributed by atoms with E-state index in [1.54, 1.807) is 0 Å². The van der Waals surface area contributed by atoms with Crippen LogP contribution in [0.2, 0.25) is 0 Å². The minimum atomic E-state index is -2.33. The average Bonchev–Trinajstić information content (AvgIpc) is 1.60. The van der Waals surface area contributed by atoms with Gasteiger partial charge in [-0.25, -0.2) is 0 Å². The first-order valence-corrected chi connectivity index (χ1v) is 2.64. The van der Waals surface area contributed by atoms with Gasteiger partial charge in [0.2, 0.25) is 0 Å². The number of hydrogen-bond acceptors (Lipinski definition) is 6. The first kappa shape index (κ1) is 22.5. The number of carbonyl (C=O) groups excluding carboxylic acids is 2. The van der Waals surface area contributed by atoms with Gasteiger partial charge in [0, 0.05) is 0 Å². The van der Waals surface area contributed by atoms with Gasteiger partial charge in [-0.2, -0.15) is 0 Å². The van der Waals surface area contributed by atoms with E-state index in [-0.39, 0.29) is 29.2 Å². The molecule has 0 aliphatic rings. The summed E-state index contributed by atoms with van der Waals surface area (Å²) in [6, 6.07) is 0. The maximum absolute atomic E-state index is 8.33. The molecule has 0 unspecified atom stereocenters. The van der Waals surface area contributed by atoms with Crippen molar-refractivity contribution < 1.29 is 59.2 Å². The van der Waals surface area contributed by atoms with Crippen LogP contribution in [-0.4, -0.2) is 12.3 Å². The molecule has 0 aromatic rings. The van der Waals surface area contributed by atoms with Crippen molar-refractivity contribution in [3.63, 3.8) is 0 Å². The third-order valence-electron chi connectivity index (χ3n) is 0. The Hall–Kier alpha value is -0.473. The van der Waals surface area contributed by atoms with Gasteiger partial charge in [0.05, 0.1) is 0 Å². The summed E-state index contributed by atoms with van der Waals surface area (Å²) in [5.74, 6) is 0. The van der Waals surface area contributed by atoms with Crippen LogP contribution in [0, 0.1) is 29.2 Å². The standard InChI is InChI=1S/C3H8.2CH2O3.Pu/c1-3-2;2*2-1(3)4;/h3H2,1-2H3;2*(H2,2,3,4);/q;;;+4/p-4. The number of carbonyl (C=O) groups is 2. The second kappa shape index (κ2) is 22.4. The Bertz CT molecular complexity index is 84.1. The van der Waals surface area contributed by atoms with Gasteiger partial charge in [0.15, 0.2) is 0 Å². The first-order valence-electron chi connectivity index (χ1n) is 2.64. The quantitative estimate of drug-likeness (QED) is 0.410. The van der Waals surface area contributed by atoms with Gasteiger partial charge in [-0.15, -0.1) is 0 Å². The third kappa shape index (κ3) is 3100. The fraction of sp³-hybridized carbons (Fsp3) is 0.600. The van der Waals surface area contributed by atoms with E-state index in [4.69, 9.17) is 30.0 Å². The van der Waals surface area contributed by atoms with Crippen LogP contribution < -0.4 is 20.4 Å². The van der Waals surface area contributed by atoms with Gasteiger partial charge >= 0.3 is 29.2 Å². The molecule has 0 N–H and O–H groups in total. The van der Waals surface area contributed by atoms with Crippen LogP contribution in [0.5, 0.6) is 0 Å². The molecule has 70 valence electrons. The molecule has 0 aromatic heterocycles. The second-order valence-electron chi connectivity index (χ2n) is 1.21. The first-order chi connectivity index (χ1) is 4.88. The molecular weight excluding hydrogens is 400 g/mol. The Balaban J connectivity index is -0.0000000389. The molecule has 0 saturated heterocycles. The smallest absolute Gasteiger partial charge is 0.652 e. The summed E-state index contributed by atoms with van der Waals surface area (Å²) in [6.45, 7) is 4.25. The molecule has 0 aliphatic heterocycles. The van der Waals surface area contributed by atoms with Crippen molar-refractivity contribution >= 4 is 12.3 Å². The van der Waals surface area contributed by atoms with Crippen molar-refractivity contribution in [2.45, 2.75) is 20.3 Å². The predicted octanol–water partition coefficient (Wildman–Crippen LogP) is -3.48. The van der Waals surface area contributed by atoms with Crippen LogP contribution in [0.3, 0.4) is 0 Å². The molecule has 0 aromatic carbocycles. The van der Waals surface area contributed by atoms with Gasteiger partial charge < -0.3 is 30.0 Å². The molecule has 0 fully saturated rings. The van der Waals surface area contributed by atoms with Crippen LogP contribution in [-0.2, 0) is 0 Å². The monoisotopic (exact) mass is 402 g/mol. The molecule has 0 bridgehead atoms. The third-order valence-corrected chi connectivity index (χ3v) is 0. The minimum Gasteiger partial charge on any atom is -0.652 e. The van der Waals surface area contributed by atoms with Crippen molar-refractivity contribution in [2.24, 2.45) is 0 Å². The number of carboxylic acid groups (broad SMARTS) is 4. The summed E-state index contributed by atoms with van der Waals surface area (Å²) in [6.07, 6.45) is -3.42. The van der Waals surface area contributed by atoms with E-state index in [9.17, 15) is 0 Å². The van der Waals surface area contributed by atoms with Crippen molar-refractivity contribution in [1.29, 1.82) is 0 Å². The van der Waals surface area contributed by atoms with Gasteiger partial charge in [0.25, 0.3) is 0 Å². The summed E-state index contributed by atoms with van der Waals surface area (Å²) in [7, 11) is 0. The molecule has 0 atom stereocenters. The zero-order chi connectivity index (χ0) is 9.86. The molecule has 6 nitrogen and oxygen atoms in total. The Morgan fingerprint density at radius 1 is 0.917 bits per heavy atom. The van der Waals surface area contributed by atoms with E-state index < -0.39 is 12.3 Å². The number of rotatable bonds is 0. The summed E-state index contributed by atoms with van der Waals surface area (Å²) < 4.78 is 0. The van der Waals surface area contributed by atoms with E-state index in [1.807, 2.05) is 0 Å². The van der Waals surface area contributed by atoms with Crippen LogP contribution in [0.4, 0.5) is 9.59 Å². The topological polar surface area (TPSA) is 126 Å². The van der Waals surface area contributed by atoms with Crippen molar-refractivity contribution in [2.75, 3.05) is 0 Å². The van der Waals surface area contributed by atoms with Gasteiger partial charge in [-0.05, 0) is 12.3 Å². The normalized spacial score (nSPS) is 5.50. The summed E-state index contributed by atoms with van der Waals surface area (Å²) >= 11 is 0. The van der Waals surface area contributed by atoms with Gasteiger partial charge in [-0.3, -0.25) is 0 Å². The van der Waals surface area contributed by atoms with E-state index >= 15 is 0 Å². The van der Waals surface area contributed by atoms with Gasteiger partial charge in [-0.1, -0.05) is 20.3 Å². The van der Waals surface area contributed by atoms with E-state index in [2.05, 4.69) is 13.8 Å². The van der Waals surface area contributed by atoms with Crippen LogP contribution in [0.15, 0.2) is 0 Å². The average molecular weight is 408 g/mol. The zero-order valence-electron chi connectivity index (χ0n) is 6.56. The van der Waals surface area contributed by atoms with Crippen LogP contribution in [0.25, 0.3) is 0 Å². The summed E-state index contributed by atoms with van der Waals surface area (Å²) in [4.78, 5) is 16.7. The molecule has 0 heterocycles. The predicted molar refractivity (Wildman–Crippen MR) is 26.8 cm³/mol. The molecular formula is C5H8O6Pu. The molecule has 0 amide bonds.